The summed E-state index contributed by atoms with van der Waals surface area (Å²) < 4.78 is 0. The first-order valence-electron chi connectivity index (χ1n) is 7.68. The largest absolute Gasteiger partial charge is 0.304 e. The first-order chi connectivity index (χ1) is 12.7. The van der Waals surface area contributed by atoms with E-state index in [4.69, 9.17) is 0 Å². The van der Waals surface area contributed by atoms with Gasteiger partial charge < -0.3 is 4.90 Å². The third kappa shape index (κ3) is 3.08. The van der Waals surface area contributed by atoms with E-state index in [1.165, 1.54) is 6.07 Å². The standard InChI is InChI=1S/C20H12N4O2/c21-13-15-11-19(20(24(25)26)12-16(15)14-22)23(17-7-3-1-4-8-17)18-9-5-2-6-10-18/h1-12H. The molecule has 3 rings (SSSR count). The van der Waals surface area contributed by atoms with Gasteiger partial charge in [-0.25, -0.2) is 0 Å². The Hall–Kier alpha value is -4.16. The van der Waals surface area contributed by atoms with Crippen LogP contribution < -0.4 is 4.90 Å². The van der Waals surface area contributed by atoms with Gasteiger partial charge in [-0.05, 0) is 30.3 Å². The van der Waals surface area contributed by atoms with Crippen molar-refractivity contribution in [2.24, 2.45) is 0 Å². The molecule has 3 aromatic rings. The van der Waals surface area contributed by atoms with E-state index in [9.17, 15) is 20.6 Å². The fourth-order valence-electron chi connectivity index (χ4n) is 2.67. The van der Waals surface area contributed by atoms with Crippen molar-refractivity contribution in [3.05, 3.63) is 94.0 Å². The molecule has 0 atom stereocenters. The average Bonchev–Trinajstić information content (AvgIpc) is 2.69. The lowest BCUT2D eigenvalue weighted by molar-refractivity contribution is -0.384. The molecule has 0 aliphatic rings. The van der Waals surface area contributed by atoms with Crippen LogP contribution in [0.15, 0.2) is 72.8 Å². The van der Waals surface area contributed by atoms with Crippen LogP contribution in [0, 0.1) is 32.8 Å². The van der Waals surface area contributed by atoms with Gasteiger partial charge in [-0.2, -0.15) is 10.5 Å². The molecule has 0 N–H and O–H groups in total. The number of anilines is 3. The van der Waals surface area contributed by atoms with Crippen LogP contribution in [0.5, 0.6) is 0 Å². The van der Waals surface area contributed by atoms with Gasteiger partial charge in [0.05, 0.1) is 16.1 Å². The van der Waals surface area contributed by atoms with Crippen LogP contribution in [0.3, 0.4) is 0 Å². The molecule has 124 valence electrons. The third-order valence-corrected chi connectivity index (χ3v) is 3.82. The van der Waals surface area contributed by atoms with Crippen molar-refractivity contribution >= 4 is 22.7 Å². The van der Waals surface area contributed by atoms with Gasteiger partial charge >= 0.3 is 0 Å². The Kier molecular flexibility index (Phi) is 4.60. The minimum atomic E-state index is -0.545. The van der Waals surface area contributed by atoms with Crippen molar-refractivity contribution < 1.29 is 4.92 Å². The number of hydrogen-bond acceptors (Lipinski definition) is 5. The van der Waals surface area contributed by atoms with E-state index in [2.05, 4.69) is 0 Å². The van der Waals surface area contributed by atoms with Crippen LogP contribution in [0.4, 0.5) is 22.7 Å². The lowest BCUT2D eigenvalue weighted by Crippen LogP contribution is -2.12. The predicted molar refractivity (Wildman–Crippen MR) is 97.2 cm³/mol. The molecular formula is C20H12N4O2. The van der Waals surface area contributed by atoms with Crippen molar-refractivity contribution in [2.45, 2.75) is 0 Å². The number of rotatable bonds is 4. The lowest BCUT2D eigenvalue weighted by atomic mass is 10.0. The quantitative estimate of drug-likeness (QED) is 0.502. The first kappa shape index (κ1) is 16.7. The molecule has 0 bridgehead atoms. The van der Waals surface area contributed by atoms with Gasteiger partial charge in [-0.1, -0.05) is 36.4 Å². The highest BCUT2D eigenvalue weighted by molar-refractivity contribution is 5.83. The average molecular weight is 340 g/mol. The van der Waals surface area contributed by atoms with Gasteiger partial charge in [0.25, 0.3) is 5.69 Å². The molecule has 3 aromatic carbocycles. The number of nitro groups is 1. The zero-order chi connectivity index (χ0) is 18.5. The Balaban J connectivity index is 2.33. The topological polar surface area (TPSA) is 94.0 Å². The summed E-state index contributed by atoms with van der Waals surface area (Å²) in [5.74, 6) is 0. The monoisotopic (exact) mass is 340 g/mol. The van der Waals surface area contributed by atoms with Gasteiger partial charge in [0.2, 0.25) is 0 Å². The number of para-hydroxylation sites is 2. The third-order valence-electron chi connectivity index (χ3n) is 3.82. The highest BCUT2D eigenvalue weighted by atomic mass is 16.6. The summed E-state index contributed by atoms with van der Waals surface area (Å²) in [7, 11) is 0. The van der Waals surface area contributed by atoms with E-state index in [-0.39, 0.29) is 22.5 Å². The van der Waals surface area contributed by atoms with Crippen molar-refractivity contribution in [1.29, 1.82) is 10.5 Å². The van der Waals surface area contributed by atoms with E-state index < -0.39 is 4.92 Å². The van der Waals surface area contributed by atoms with E-state index in [0.717, 1.165) is 6.07 Å². The number of nitro benzene ring substituents is 1. The van der Waals surface area contributed by atoms with Crippen molar-refractivity contribution in [2.75, 3.05) is 4.90 Å². The minimum absolute atomic E-state index is 0.0241. The molecule has 0 saturated carbocycles. The maximum Gasteiger partial charge on any atom is 0.294 e. The fraction of sp³-hybridized carbons (Fsp3) is 0. The molecule has 26 heavy (non-hydrogen) atoms. The van der Waals surface area contributed by atoms with E-state index in [1.54, 1.807) is 4.90 Å². The Morgan fingerprint density at radius 1 is 0.808 bits per heavy atom. The summed E-state index contributed by atoms with van der Waals surface area (Å²) in [6.07, 6.45) is 0. The Morgan fingerprint density at radius 2 is 1.27 bits per heavy atom. The molecule has 0 saturated heterocycles. The van der Waals surface area contributed by atoms with Crippen LogP contribution in [0.25, 0.3) is 0 Å². The van der Waals surface area contributed by atoms with E-state index in [1.807, 2.05) is 72.8 Å². The van der Waals surface area contributed by atoms with Crippen LogP contribution >= 0.6 is 0 Å². The molecule has 0 amide bonds. The van der Waals surface area contributed by atoms with Crippen molar-refractivity contribution in [3.63, 3.8) is 0 Å². The smallest absolute Gasteiger partial charge is 0.294 e. The number of nitrogens with zero attached hydrogens (tertiary/aromatic N) is 4. The van der Waals surface area contributed by atoms with E-state index >= 15 is 0 Å². The Bertz CT molecular complexity index is 996. The molecule has 6 heteroatoms. The Morgan fingerprint density at radius 3 is 1.69 bits per heavy atom. The molecule has 0 aliphatic heterocycles. The van der Waals surface area contributed by atoms with E-state index in [0.29, 0.717) is 11.4 Å². The molecule has 0 spiro atoms. The minimum Gasteiger partial charge on any atom is -0.304 e. The molecular weight excluding hydrogens is 328 g/mol. The van der Waals surface area contributed by atoms with Gasteiger partial charge in [0.15, 0.2) is 0 Å². The number of benzene rings is 3. The summed E-state index contributed by atoms with van der Waals surface area (Å²) in [6, 6.07) is 24.6. The molecule has 0 heterocycles. The number of nitriles is 2. The maximum absolute atomic E-state index is 11.6. The zero-order valence-electron chi connectivity index (χ0n) is 13.5. The summed E-state index contributed by atoms with van der Waals surface area (Å²) in [6.45, 7) is 0. The normalized spacial score (nSPS) is 9.77. The van der Waals surface area contributed by atoms with Gasteiger partial charge in [0.1, 0.15) is 17.8 Å². The van der Waals surface area contributed by atoms with Gasteiger partial charge in [-0.15, -0.1) is 0 Å². The summed E-state index contributed by atoms with van der Waals surface area (Å²) in [4.78, 5) is 12.8. The molecule has 0 fully saturated rings. The van der Waals surface area contributed by atoms with Crippen LogP contribution in [-0.4, -0.2) is 4.92 Å². The van der Waals surface area contributed by atoms with Crippen LogP contribution in [0.1, 0.15) is 11.1 Å². The van der Waals surface area contributed by atoms with Crippen LogP contribution in [0.2, 0.25) is 0 Å². The molecule has 0 aliphatic carbocycles. The SMILES string of the molecule is N#Cc1cc(N(c2ccccc2)c2ccccc2)c([N+](=O)[O-])cc1C#N. The highest BCUT2D eigenvalue weighted by Crippen LogP contribution is 2.40. The Labute approximate surface area is 149 Å². The fourth-order valence-corrected chi connectivity index (χ4v) is 2.67. The summed E-state index contributed by atoms with van der Waals surface area (Å²) in [5.41, 5.74) is 1.45. The summed E-state index contributed by atoms with van der Waals surface area (Å²) in [5, 5.41) is 30.2. The first-order valence-corrected chi connectivity index (χ1v) is 7.68. The number of hydrogen-bond donors (Lipinski definition) is 0. The lowest BCUT2D eigenvalue weighted by Gasteiger charge is -2.25. The second kappa shape index (κ2) is 7.16. The maximum atomic E-state index is 11.6. The second-order valence-electron chi connectivity index (χ2n) is 5.37. The van der Waals surface area contributed by atoms with Crippen molar-refractivity contribution in [1.82, 2.24) is 0 Å². The van der Waals surface area contributed by atoms with Gasteiger partial charge in [-0.3, -0.25) is 10.1 Å². The molecule has 0 radical (unpaired) electrons. The predicted octanol–water partition coefficient (Wildman–Crippen LogP) is 4.81. The highest BCUT2D eigenvalue weighted by Gasteiger charge is 2.25. The molecule has 0 unspecified atom stereocenters. The van der Waals surface area contributed by atoms with Gasteiger partial charge in [0, 0.05) is 17.4 Å². The van der Waals surface area contributed by atoms with Crippen LogP contribution in [-0.2, 0) is 0 Å². The van der Waals surface area contributed by atoms with Crippen molar-refractivity contribution in [3.8, 4) is 12.1 Å². The molecule has 0 aromatic heterocycles. The second-order valence-corrected chi connectivity index (χ2v) is 5.37. The summed E-state index contributed by atoms with van der Waals surface area (Å²) >= 11 is 0. The molecule has 6 nitrogen and oxygen atoms in total. The zero-order valence-corrected chi connectivity index (χ0v) is 13.5.